The Bertz CT molecular complexity index is 766. The van der Waals surface area contributed by atoms with Crippen molar-refractivity contribution >= 4 is 35.6 Å². The van der Waals surface area contributed by atoms with Gasteiger partial charge in [-0.25, -0.2) is 4.79 Å². The number of rotatable bonds is 15. The average Bonchev–Trinajstić information content (AvgIpc) is 2.71. The fourth-order valence-corrected chi connectivity index (χ4v) is 2.77. The summed E-state index contributed by atoms with van der Waals surface area (Å²) in [6, 6.07) is -4.82. The topological polar surface area (TPSA) is 252 Å². The first kappa shape index (κ1) is 30.6. The summed E-state index contributed by atoms with van der Waals surface area (Å²) in [5, 5.41) is 25.3. The van der Waals surface area contributed by atoms with Crippen molar-refractivity contribution in [2.45, 2.75) is 71.1 Å². The van der Waals surface area contributed by atoms with Crippen LogP contribution in [-0.4, -0.2) is 76.5 Å². The van der Waals surface area contributed by atoms with Gasteiger partial charge < -0.3 is 43.4 Å². The molecular formula is C20H37N7O7. The van der Waals surface area contributed by atoms with Crippen molar-refractivity contribution in [2.24, 2.45) is 34.0 Å². The van der Waals surface area contributed by atoms with Crippen LogP contribution in [0.1, 0.15) is 47.0 Å². The smallest absolute Gasteiger partial charge is 0.326 e. The molecule has 0 aromatic carbocycles. The fraction of sp³-hybridized carbons (Fsp3) is 0.700. The van der Waals surface area contributed by atoms with Gasteiger partial charge in [-0.1, -0.05) is 27.7 Å². The molecule has 0 radical (unpaired) electrons. The number of hydrogen-bond acceptors (Lipinski definition) is 7. The molecule has 14 nitrogen and oxygen atoms in total. The molecule has 0 aliphatic rings. The van der Waals surface area contributed by atoms with Crippen LogP contribution in [0.5, 0.6) is 0 Å². The number of aliphatic carboxylic acids is 2. The van der Waals surface area contributed by atoms with Crippen molar-refractivity contribution in [2.75, 3.05) is 6.54 Å². The normalized spacial score (nSPS) is 14.4. The molecule has 14 heteroatoms. The molecule has 0 aromatic rings. The van der Waals surface area contributed by atoms with Crippen LogP contribution in [0.2, 0.25) is 0 Å². The molecular weight excluding hydrogens is 450 g/mol. The highest BCUT2D eigenvalue weighted by Crippen LogP contribution is 2.08. The maximum atomic E-state index is 12.9. The molecule has 11 N–H and O–H groups in total. The molecule has 0 bridgehead atoms. The molecule has 34 heavy (non-hydrogen) atoms. The minimum absolute atomic E-state index is 0.0119. The van der Waals surface area contributed by atoms with Gasteiger partial charge in [-0.15, -0.1) is 0 Å². The predicted molar refractivity (Wildman–Crippen MR) is 123 cm³/mol. The zero-order valence-corrected chi connectivity index (χ0v) is 19.9. The minimum Gasteiger partial charge on any atom is -0.481 e. The van der Waals surface area contributed by atoms with Crippen LogP contribution in [0.3, 0.4) is 0 Å². The van der Waals surface area contributed by atoms with E-state index in [1.165, 1.54) is 0 Å². The predicted octanol–water partition coefficient (Wildman–Crippen LogP) is -2.31. The molecule has 0 aliphatic heterocycles. The van der Waals surface area contributed by atoms with E-state index in [0.29, 0.717) is 0 Å². The third-order valence-corrected chi connectivity index (χ3v) is 4.84. The maximum absolute atomic E-state index is 12.9. The lowest BCUT2D eigenvalue weighted by Gasteiger charge is -2.27. The molecule has 0 spiro atoms. The molecule has 0 fully saturated rings. The Hall–Kier alpha value is -3.42. The second kappa shape index (κ2) is 14.7. The summed E-state index contributed by atoms with van der Waals surface area (Å²) in [4.78, 5) is 64.1. The van der Waals surface area contributed by atoms with Gasteiger partial charge in [0, 0.05) is 6.54 Å². The van der Waals surface area contributed by atoms with Crippen LogP contribution in [-0.2, 0) is 24.0 Å². The van der Waals surface area contributed by atoms with Crippen molar-refractivity contribution in [1.29, 1.82) is 0 Å². The second-order valence-electron chi connectivity index (χ2n) is 8.51. The molecule has 0 heterocycles. The van der Waals surface area contributed by atoms with Crippen molar-refractivity contribution < 1.29 is 34.2 Å². The van der Waals surface area contributed by atoms with E-state index < -0.39 is 60.2 Å². The summed E-state index contributed by atoms with van der Waals surface area (Å²) in [5.41, 5.74) is 16.4. The Morgan fingerprint density at radius 2 is 1.38 bits per heavy atom. The van der Waals surface area contributed by atoms with Crippen LogP contribution in [0.4, 0.5) is 0 Å². The van der Waals surface area contributed by atoms with E-state index in [0.717, 1.165) is 0 Å². The van der Waals surface area contributed by atoms with Crippen molar-refractivity contribution in [3.8, 4) is 0 Å². The SMILES string of the molecule is CC(C)C(N)C(=O)NC(C(=O)NC(CCCN=C(N)N)C(=O)NC(CC(=O)O)C(=O)O)C(C)C. The Morgan fingerprint density at radius 1 is 0.824 bits per heavy atom. The van der Waals surface area contributed by atoms with Gasteiger partial charge >= 0.3 is 11.9 Å². The molecule has 0 rings (SSSR count). The van der Waals surface area contributed by atoms with E-state index >= 15 is 0 Å². The quantitative estimate of drug-likeness (QED) is 0.0695. The lowest BCUT2D eigenvalue weighted by Crippen LogP contribution is -2.59. The third kappa shape index (κ3) is 11.4. The highest BCUT2D eigenvalue weighted by molar-refractivity contribution is 5.94. The first-order valence-corrected chi connectivity index (χ1v) is 10.8. The number of nitrogens with zero attached hydrogens (tertiary/aromatic N) is 1. The summed E-state index contributed by atoms with van der Waals surface area (Å²) in [6.07, 6.45) is -0.602. The van der Waals surface area contributed by atoms with E-state index in [1.807, 2.05) is 0 Å². The van der Waals surface area contributed by atoms with Crippen LogP contribution in [0.15, 0.2) is 4.99 Å². The van der Waals surface area contributed by atoms with Gasteiger partial charge in [0.15, 0.2) is 5.96 Å². The average molecular weight is 488 g/mol. The van der Waals surface area contributed by atoms with Crippen molar-refractivity contribution in [1.82, 2.24) is 16.0 Å². The number of carboxylic acids is 2. The van der Waals surface area contributed by atoms with Gasteiger partial charge in [-0.2, -0.15) is 0 Å². The van der Waals surface area contributed by atoms with Gasteiger partial charge in [-0.05, 0) is 24.7 Å². The molecule has 194 valence electrons. The standard InChI is InChI=1S/C20H37N7O7/c1-9(2)14(21)17(31)27-15(10(3)4)18(32)25-11(6-5-7-24-20(22)23)16(30)26-12(19(33)34)8-13(28)29/h9-12,14-15H,5-8,21H2,1-4H3,(H,25,32)(H,26,30)(H,27,31)(H,28,29)(H,33,34)(H4,22,23,24). The second-order valence-corrected chi connectivity index (χ2v) is 8.51. The van der Waals surface area contributed by atoms with Gasteiger partial charge in [0.2, 0.25) is 17.7 Å². The summed E-state index contributed by atoms with van der Waals surface area (Å²) in [5.74, 6) is -5.81. The molecule has 4 atom stereocenters. The van der Waals surface area contributed by atoms with Crippen LogP contribution >= 0.6 is 0 Å². The van der Waals surface area contributed by atoms with E-state index in [9.17, 15) is 29.1 Å². The Morgan fingerprint density at radius 3 is 1.82 bits per heavy atom. The van der Waals surface area contributed by atoms with Crippen LogP contribution in [0.25, 0.3) is 0 Å². The van der Waals surface area contributed by atoms with Gasteiger partial charge in [0.25, 0.3) is 0 Å². The molecule has 0 saturated heterocycles. The zero-order chi connectivity index (χ0) is 26.6. The van der Waals surface area contributed by atoms with Gasteiger partial charge in [0.05, 0.1) is 12.5 Å². The fourth-order valence-electron chi connectivity index (χ4n) is 2.77. The Kier molecular flexibility index (Phi) is 13.2. The largest absolute Gasteiger partial charge is 0.481 e. The number of carbonyl (C=O) groups excluding carboxylic acids is 3. The monoisotopic (exact) mass is 487 g/mol. The summed E-state index contributed by atoms with van der Waals surface area (Å²) >= 11 is 0. The number of nitrogens with one attached hydrogen (secondary N) is 3. The number of hydrogen-bond donors (Lipinski definition) is 8. The summed E-state index contributed by atoms with van der Waals surface area (Å²) in [6.45, 7) is 7.01. The van der Waals surface area contributed by atoms with E-state index in [-0.39, 0.29) is 37.2 Å². The lowest BCUT2D eigenvalue weighted by molar-refractivity contribution is -0.147. The van der Waals surface area contributed by atoms with E-state index in [1.54, 1.807) is 27.7 Å². The van der Waals surface area contributed by atoms with E-state index in [2.05, 4.69) is 20.9 Å². The van der Waals surface area contributed by atoms with Gasteiger partial charge in [0.1, 0.15) is 18.1 Å². The molecule has 0 aromatic heterocycles. The third-order valence-electron chi connectivity index (χ3n) is 4.84. The van der Waals surface area contributed by atoms with E-state index in [4.69, 9.17) is 22.3 Å². The lowest BCUT2D eigenvalue weighted by atomic mass is 9.99. The number of nitrogens with two attached hydrogens (primary N) is 3. The van der Waals surface area contributed by atoms with Crippen LogP contribution in [0, 0.1) is 11.8 Å². The summed E-state index contributed by atoms with van der Waals surface area (Å²) < 4.78 is 0. The first-order valence-electron chi connectivity index (χ1n) is 10.8. The number of carbonyl (C=O) groups is 5. The van der Waals surface area contributed by atoms with Crippen molar-refractivity contribution in [3.05, 3.63) is 0 Å². The number of amides is 3. The maximum Gasteiger partial charge on any atom is 0.326 e. The van der Waals surface area contributed by atoms with Crippen LogP contribution < -0.4 is 33.2 Å². The van der Waals surface area contributed by atoms with Crippen molar-refractivity contribution in [3.63, 3.8) is 0 Å². The number of guanidine groups is 1. The van der Waals surface area contributed by atoms with Gasteiger partial charge in [-0.3, -0.25) is 24.2 Å². The number of carboxylic acid groups (broad SMARTS) is 2. The molecule has 3 amide bonds. The Labute approximate surface area is 198 Å². The highest BCUT2D eigenvalue weighted by Gasteiger charge is 2.32. The minimum atomic E-state index is -1.70. The number of aliphatic imine (C=N–C) groups is 1. The molecule has 0 aliphatic carbocycles. The zero-order valence-electron chi connectivity index (χ0n) is 19.9. The highest BCUT2D eigenvalue weighted by atomic mass is 16.4. The first-order chi connectivity index (χ1) is 15.7. The summed E-state index contributed by atoms with van der Waals surface area (Å²) in [7, 11) is 0. The Balaban J connectivity index is 5.59. The molecule has 0 saturated carbocycles. The molecule has 4 unspecified atom stereocenters.